The molecule has 9 nitrogen and oxygen atoms in total. The fourth-order valence-corrected chi connectivity index (χ4v) is 3.84. The van der Waals surface area contributed by atoms with Crippen molar-refractivity contribution in [2.24, 2.45) is 0 Å². The van der Waals surface area contributed by atoms with Crippen molar-refractivity contribution in [1.29, 1.82) is 0 Å². The lowest BCUT2D eigenvalue weighted by atomic mass is 10.1. The maximum absolute atomic E-state index is 12.5. The standard InChI is InChI=1S/C17H24N2O7S/c1-18(25-3)27(22,23)15-11-13(7-8-14(15)24-2)17(21)26-12-16(20)19-9-5-4-6-10-19/h7-8,11H,4-6,9-10,12H2,1-3H3. The Morgan fingerprint density at radius 1 is 1.15 bits per heavy atom. The number of hydroxylamine groups is 1. The molecule has 1 fully saturated rings. The van der Waals surface area contributed by atoms with Gasteiger partial charge in [0.1, 0.15) is 10.6 Å². The first kappa shape index (κ1) is 21.1. The van der Waals surface area contributed by atoms with Crippen molar-refractivity contribution in [1.82, 2.24) is 9.37 Å². The largest absolute Gasteiger partial charge is 0.495 e. The van der Waals surface area contributed by atoms with Gasteiger partial charge in [0, 0.05) is 20.1 Å². The summed E-state index contributed by atoms with van der Waals surface area (Å²) in [5.74, 6) is -0.997. The third-order valence-corrected chi connectivity index (χ3v) is 6.01. The number of esters is 1. The van der Waals surface area contributed by atoms with Crippen LogP contribution in [-0.4, -0.2) is 70.6 Å². The topological polar surface area (TPSA) is 102 Å². The predicted octanol–water partition coefficient (Wildman–Crippen LogP) is 1.05. The molecule has 1 heterocycles. The van der Waals surface area contributed by atoms with Gasteiger partial charge in [0.05, 0.1) is 19.8 Å². The normalized spacial score (nSPS) is 14.9. The molecule has 0 atom stereocenters. The Kier molecular flexibility index (Phi) is 7.17. The fraction of sp³-hybridized carbons (Fsp3) is 0.529. The summed E-state index contributed by atoms with van der Waals surface area (Å²) in [7, 11) is -0.295. The number of rotatable bonds is 7. The van der Waals surface area contributed by atoms with Crippen LogP contribution in [0.3, 0.4) is 0 Å². The first-order chi connectivity index (χ1) is 12.8. The van der Waals surface area contributed by atoms with Gasteiger partial charge in [-0.3, -0.25) is 9.63 Å². The summed E-state index contributed by atoms with van der Waals surface area (Å²) in [6.07, 6.45) is 2.96. The molecule has 0 bridgehead atoms. The molecule has 27 heavy (non-hydrogen) atoms. The van der Waals surface area contributed by atoms with Crippen molar-refractivity contribution < 1.29 is 32.3 Å². The highest BCUT2D eigenvalue weighted by molar-refractivity contribution is 7.89. The minimum absolute atomic E-state index is 0.00896. The van der Waals surface area contributed by atoms with Gasteiger partial charge in [0.25, 0.3) is 15.9 Å². The molecule has 0 aromatic heterocycles. The van der Waals surface area contributed by atoms with E-state index in [2.05, 4.69) is 0 Å². The molecular formula is C17H24N2O7S. The van der Waals surface area contributed by atoms with Crippen LogP contribution in [0.5, 0.6) is 5.75 Å². The molecule has 0 aliphatic carbocycles. The average Bonchev–Trinajstić information content (AvgIpc) is 2.71. The smallest absolute Gasteiger partial charge is 0.338 e. The molecule has 1 aliphatic rings. The lowest BCUT2D eigenvalue weighted by Crippen LogP contribution is -2.38. The quantitative estimate of drug-likeness (QED) is 0.498. The second-order valence-electron chi connectivity index (χ2n) is 5.98. The fourth-order valence-electron chi connectivity index (χ4n) is 2.69. The highest BCUT2D eigenvalue weighted by Crippen LogP contribution is 2.27. The summed E-state index contributed by atoms with van der Waals surface area (Å²) in [5.41, 5.74) is -0.00896. The van der Waals surface area contributed by atoms with Gasteiger partial charge in [0.15, 0.2) is 6.61 Å². The van der Waals surface area contributed by atoms with E-state index < -0.39 is 16.0 Å². The summed E-state index contributed by atoms with van der Waals surface area (Å²) in [5, 5.41) is 0. The molecule has 1 aliphatic heterocycles. The SMILES string of the molecule is COc1ccc(C(=O)OCC(=O)N2CCCCC2)cc1S(=O)(=O)N(C)OC. The first-order valence-corrected chi connectivity index (χ1v) is 9.91. The van der Waals surface area contributed by atoms with E-state index in [-0.39, 0.29) is 28.7 Å². The molecule has 0 unspecified atom stereocenters. The summed E-state index contributed by atoms with van der Waals surface area (Å²) in [6.45, 7) is 0.931. The number of nitrogens with zero attached hydrogens (tertiary/aromatic N) is 2. The van der Waals surface area contributed by atoms with Crippen LogP contribution in [0.25, 0.3) is 0 Å². The van der Waals surface area contributed by atoms with E-state index in [4.69, 9.17) is 14.3 Å². The van der Waals surface area contributed by atoms with Crippen molar-refractivity contribution >= 4 is 21.9 Å². The van der Waals surface area contributed by atoms with Crippen LogP contribution in [-0.2, 0) is 24.4 Å². The van der Waals surface area contributed by atoms with E-state index in [9.17, 15) is 18.0 Å². The van der Waals surface area contributed by atoms with E-state index in [1.165, 1.54) is 33.4 Å². The number of carbonyl (C=O) groups excluding carboxylic acids is 2. The van der Waals surface area contributed by atoms with Gasteiger partial charge in [0.2, 0.25) is 0 Å². The molecule has 1 saturated heterocycles. The highest BCUT2D eigenvalue weighted by Gasteiger charge is 2.27. The molecule has 1 aromatic rings. The van der Waals surface area contributed by atoms with Gasteiger partial charge < -0.3 is 14.4 Å². The molecule has 0 N–H and O–H groups in total. The van der Waals surface area contributed by atoms with Crippen LogP contribution >= 0.6 is 0 Å². The number of methoxy groups -OCH3 is 1. The van der Waals surface area contributed by atoms with Crippen molar-refractivity contribution in [2.45, 2.75) is 24.2 Å². The lowest BCUT2D eigenvalue weighted by Gasteiger charge is -2.26. The van der Waals surface area contributed by atoms with Gasteiger partial charge in [-0.05, 0) is 37.5 Å². The van der Waals surface area contributed by atoms with Gasteiger partial charge in [-0.25, -0.2) is 13.2 Å². The van der Waals surface area contributed by atoms with Gasteiger partial charge in [-0.15, -0.1) is 0 Å². The number of amides is 1. The highest BCUT2D eigenvalue weighted by atomic mass is 32.2. The minimum atomic E-state index is -4.03. The van der Waals surface area contributed by atoms with Crippen LogP contribution in [0.4, 0.5) is 0 Å². The van der Waals surface area contributed by atoms with Crippen LogP contribution < -0.4 is 4.74 Å². The summed E-state index contributed by atoms with van der Waals surface area (Å²) < 4.78 is 35.8. The maximum Gasteiger partial charge on any atom is 0.338 e. The van der Waals surface area contributed by atoms with Crippen molar-refractivity contribution in [2.75, 3.05) is 41.0 Å². The van der Waals surface area contributed by atoms with E-state index >= 15 is 0 Å². The second kappa shape index (κ2) is 9.16. The van der Waals surface area contributed by atoms with Crippen LogP contribution in [0.2, 0.25) is 0 Å². The Morgan fingerprint density at radius 2 is 1.81 bits per heavy atom. The van der Waals surface area contributed by atoms with Crippen LogP contribution in [0.15, 0.2) is 23.1 Å². The monoisotopic (exact) mass is 400 g/mol. The molecule has 1 aromatic carbocycles. The van der Waals surface area contributed by atoms with E-state index in [1.807, 2.05) is 0 Å². The third-order valence-electron chi connectivity index (χ3n) is 4.31. The zero-order valence-corrected chi connectivity index (χ0v) is 16.5. The van der Waals surface area contributed by atoms with E-state index in [0.717, 1.165) is 25.3 Å². The average molecular weight is 400 g/mol. The van der Waals surface area contributed by atoms with E-state index in [1.54, 1.807) is 4.90 Å². The number of hydrogen-bond acceptors (Lipinski definition) is 7. The number of sulfonamides is 1. The Labute approximate surface area is 158 Å². The predicted molar refractivity (Wildman–Crippen MR) is 95.7 cm³/mol. The first-order valence-electron chi connectivity index (χ1n) is 8.47. The zero-order chi connectivity index (χ0) is 20.0. The number of benzene rings is 1. The molecule has 0 radical (unpaired) electrons. The molecule has 2 rings (SSSR count). The van der Waals surface area contributed by atoms with Crippen molar-refractivity contribution in [3.8, 4) is 5.75 Å². The van der Waals surface area contributed by atoms with Crippen molar-refractivity contribution in [3.63, 3.8) is 0 Å². The summed E-state index contributed by atoms with van der Waals surface area (Å²) >= 11 is 0. The number of hydrogen-bond donors (Lipinski definition) is 0. The molecule has 10 heteroatoms. The molecule has 0 spiro atoms. The third kappa shape index (κ3) is 4.96. The Hall–Kier alpha value is -2.17. The van der Waals surface area contributed by atoms with Crippen LogP contribution in [0.1, 0.15) is 29.6 Å². The maximum atomic E-state index is 12.5. The van der Waals surface area contributed by atoms with Gasteiger partial charge in [-0.1, -0.05) is 4.47 Å². The zero-order valence-electron chi connectivity index (χ0n) is 15.6. The number of likely N-dealkylation sites (tertiary alicyclic amines) is 1. The Bertz CT molecular complexity index is 788. The minimum Gasteiger partial charge on any atom is -0.495 e. The number of ether oxygens (including phenoxy) is 2. The summed E-state index contributed by atoms with van der Waals surface area (Å²) in [6, 6.07) is 3.86. The molecule has 0 saturated carbocycles. The van der Waals surface area contributed by atoms with E-state index in [0.29, 0.717) is 17.6 Å². The molecule has 150 valence electrons. The van der Waals surface area contributed by atoms with Crippen molar-refractivity contribution in [3.05, 3.63) is 23.8 Å². The van der Waals surface area contributed by atoms with Gasteiger partial charge in [-0.2, -0.15) is 0 Å². The summed E-state index contributed by atoms with van der Waals surface area (Å²) in [4.78, 5) is 30.5. The Morgan fingerprint density at radius 3 is 2.41 bits per heavy atom. The van der Waals surface area contributed by atoms with Gasteiger partial charge >= 0.3 is 5.97 Å². The van der Waals surface area contributed by atoms with Crippen LogP contribution in [0, 0.1) is 0 Å². The molecule has 1 amide bonds. The molecular weight excluding hydrogens is 376 g/mol. The number of piperidine rings is 1. The second-order valence-corrected chi connectivity index (χ2v) is 7.88. The lowest BCUT2D eigenvalue weighted by molar-refractivity contribution is -0.135. The number of carbonyl (C=O) groups is 2. The Balaban J connectivity index is 2.14.